The van der Waals surface area contributed by atoms with Crippen LogP contribution in [0, 0.1) is 17.7 Å². The van der Waals surface area contributed by atoms with E-state index < -0.39 is 86.2 Å². The van der Waals surface area contributed by atoms with Gasteiger partial charge in [0.05, 0.1) is 11.3 Å². The zero-order valence-electron chi connectivity index (χ0n) is 19.7. The number of aliphatic hydroxyl groups is 3. The lowest BCUT2D eigenvalue weighted by atomic mass is 9.60. The number of nitrogens with two attached hydrogens (primary N) is 1. The van der Waals surface area contributed by atoms with Crippen molar-refractivity contribution >= 4 is 29.1 Å². The monoisotopic (exact) mass is 513 g/mol. The summed E-state index contributed by atoms with van der Waals surface area (Å²) in [5, 5.41) is 46.3. The molecule has 0 aromatic heterocycles. The maximum absolute atomic E-state index is 15.9. The number of benzene rings is 1. The molecule has 1 saturated carbocycles. The Morgan fingerprint density at radius 3 is 2.43 bits per heavy atom. The lowest BCUT2D eigenvalue weighted by molar-refractivity contribution is -0.144. The lowest BCUT2D eigenvalue weighted by Gasteiger charge is -2.45. The molecule has 4 aliphatic carbocycles. The van der Waals surface area contributed by atoms with Gasteiger partial charge in [-0.3, -0.25) is 24.1 Å². The summed E-state index contributed by atoms with van der Waals surface area (Å²) in [6, 6.07) is 0. The summed E-state index contributed by atoms with van der Waals surface area (Å²) in [4.78, 5) is 53.0. The Morgan fingerprint density at radius 1 is 1.14 bits per heavy atom. The summed E-state index contributed by atoms with van der Waals surface area (Å²) < 4.78 is 15.9. The highest BCUT2D eigenvalue weighted by atomic mass is 19.1. The average Bonchev–Trinajstić information content (AvgIpc) is 3.64. The number of amides is 2. The van der Waals surface area contributed by atoms with Crippen LogP contribution in [0.2, 0.25) is 0 Å². The number of ketones is 2. The van der Waals surface area contributed by atoms with Gasteiger partial charge in [0.1, 0.15) is 28.4 Å². The molecule has 1 heterocycles. The number of halogens is 1. The van der Waals surface area contributed by atoms with E-state index in [0.29, 0.717) is 12.8 Å². The third kappa shape index (κ3) is 2.76. The molecule has 1 spiro atoms. The van der Waals surface area contributed by atoms with Gasteiger partial charge in [-0.2, -0.15) is 0 Å². The van der Waals surface area contributed by atoms with E-state index in [9.17, 15) is 39.6 Å². The van der Waals surface area contributed by atoms with Crippen LogP contribution < -0.4 is 11.1 Å². The number of allylic oxidation sites excluding steroid dienone is 2. The summed E-state index contributed by atoms with van der Waals surface area (Å²) in [7, 11) is 1.68. The molecule has 5 aliphatic rings. The van der Waals surface area contributed by atoms with Crippen LogP contribution in [-0.4, -0.2) is 66.9 Å². The van der Waals surface area contributed by atoms with Crippen LogP contribution in [0.15, 0.2) is 22.7 Å². The number of nitrogens with one attached hydrogen (secondary N) is 1. The number of phenolic OH excluding ortho intramolecular Hbond substituents is 1. The molecule has 1 aliphatic heterocycles. The molecule has 1 fully saturated rings. The summed E-state index contributed by atoms with van der Waals surface area (Å²) in [6.07, 6.45) is 0.515. The molecule has 0 unspecified atom stereocenters. The van der Waals surface area contributed by atoms with Crippen molar-refractivity contribution in [3.8, 4) is 5.75 Å². The van der Waals surface area contributed by atoms with Gasteiger partial charge in [-0.25, -0.2) is 4.39 Å². The molecule has 0 radical (unpaired) electrons. The number of anilines is 1. The predicted molar refractivity (Wildman–Crippen MR) is 123 cm³/mol. The number of likely N-dealkylation sites (N-methyl/N-ethyl adjacent to an activating group) is 1. The average molecular weight is 513 g/mol. The van der Waals surface area contributed by atoms with Crippen LogP contribution in [0.1, 0.15) is 47.2 Å². The molecule has 6 rings (SSSR count). The van der Waals surface area contributed by atoms with E-state index in [1.54, 1.807) is 11.9 Å². The predicted octanol–water partition coefficient (Wildman–Crippen LogP) is 0.636. The maximum atomic E-state index is 15.9. The second-order valence-corrected chi connectivity index (χ2v) is 10.6. The van der Waals surface area contributed by atoms with Crippen molar-refractivity contribution in [2.24, 2.45) is 17.6 Å². The van der Waals surface area contributed by atoms with E-state index in [4.69, 9.17) is 5.73 Å². The Morgan fingerprint density at radius 2 is 1.81 bits per heavy atom. The van der Waals surface area contributed by atoms with E-state index in [0.717, 1.165) is 0 Å². The number of rotatable bonds is 1. The summed E-state index contributed by atoms with van der Waals surface area (Å²) in [6.45, 7) is 0.0129. The van der Waals surface area contributed by atoms with Gasteiger partial charge in [0.2, 0.25) is 11.7 Å². The summed E-state index contributed by atoms with van der Waals surface area (Å²) in [5.74, 6) is -9.10. The molecule has 0 bridgehead atoms. The number of aromatic hydroxyl groups is 1. The molecule has 1 aromatic rings. The standard InChI is InChI=1S/C25H24FN3O8/c1-29-7-11-16(26)10-5-8-4-9-6-12(30)15(22(27)35)21(34)25(9,37)20(33)13(8)18(31)14(10)19(32)17(11)28-23(36)24(29)2-3-24/h8-9,30,32-33,37H,2-7H2,1H3,(H2,27,35)(H,28,36)/t8-,9+,25+/m1/s1. The van der Waals surface area contributed by atoms with Gasteiger partial charge in [-0.05, 0) is 38.6 Å². The lowest BCUT2D eigenvalue weighted by Crippen LogP contribution is -2.57. The third-order valence-electron chi connectivity index (χ3n) is 8.77. The minimum atomic E-state index is -2.70. The number of carbonyl (C=O) groups excluding carboxylic acids is 4. The number of Topliss-reactive ketones (excluding diaryl/α,β-unsaturated/α-hetero) is 2. The fourth-order valence-corrected chi connectivity index (χ4v) is 6.57. The molecule has 37 heavy (non-hydrogen) atoms. The van der Waals surface area contributed by atoms with Crippen molar-refractivity contribution in [2.75, 3.05) is 12.4 Å². The minimum Gasteiger partial charge on any atom is -0.511 e. The normalized spacial score (nSPS) is 30.3. The highest BCUT2D eigenvalue weighted by molar-refractivity contribution is 6.24. The molecule has 0 saturated heterocycles. The first kappa shape index (κ1) is 23.6. The van der Waals surface area contributed by atoms with Crippen LogP contribution in [0.25, 0.3) is 0 Å². The zero-order chi connectivity index (χ0) is 26.8. The molecule has 2 amide bonds. The van der Waals surface area contributed by atoms with Gasteiger partial charge < -0.3 is 31.5 Å². The molecule has 194 valence electrons. The number of hydrogen-bond donors (Lipinski definition) is 6. The van der Waals surface area contributed by atoms with Crippen LogP contribution in [0.3, 0.4) is 0 Å². The van der Waals surface area contributed by atoms with Gasteiger partial charge in [-0.15, -0.1) is 0 Å². The SMILES string of the molecule is CN1Cc2c(F)c3c(c(O)c2NC(=O)C12CC2)C(=O)C1=C(O)[C@]2(O)C(=O)C(C(N)=O)=C(O)C[C@@H]2C[C@@H]1C3. The quantitative estimate of drug-likeness (QED) is 0.231. The number of hydrogen-bond acceptors (Lipinski definition) is 9. The van der Waals surface area contributed by atoms with E-state index in [-0.39, 0.29) is 42.6 Å². The van der Waals surface area contributed by atoms with E-state index in [1.807, 2.05) is 0 Å². The van der Waals surface area contributed by atoms with Crippen molar-refractivity contribution in [3.05, 3.63) is 45.2 Å². The molecule has 12 heteroatoms. The smallest absolute Gasteiger partial charge is 0.255 e. The van der Waals surface area contributed by atoms with Gasteiger partial charge in [0, 0.05) is 35.6 Å². The Balaban J connectivity index is 1.51. The minimum absolute atomic E-state index is 0.0129. The summed E-state index contributed by atoms with van der Waals surface area (Å²) >= 11 is 0. The summed E-state index contributed by atoms with van der Waals surface area (Å²) in [5.41, 5.74) is -0.350. The van der Waals surface area contributed by atoms with Crippen LogP contribution in [0.5, 0.6) is 5.75 Å². The fraction of sp³-hybridized carbons (Fsp3) is 0.440. The van der Waals surface area contributed by atoms with Crippen molar-refractivity contribution in [2.45, 2.75) is 49.8 Å². The second-order valence-electron chi connectivity index (χ2n) is 10.6. The number of aliphatic hydroxyl groups excluding tert-OH is 2. The highest BCUT2D eigenvalue weighted by Crippen LogP contribution is 2.54. The largest absolute Gasteiger partial charge is 0.511 e. The van der Waals surface area contributed by atoms with E-state index >= 15 is 4.39 Å². The van der Waals surface area contributed by atoms with Gasteiger partial charge in [0.15, 0.2) is 17.1 Å². The first-order valence-corrected chi connectivity index (χ1v) is 11.9. The molecule has 11 nitrogen and oxygen atoms in total. The van der Waals surface area contributed by atoms with Gasteiger partial charge in [-0.1, -0.05) is 0 Å². The van der Waals surface area contributed by atoms with Crippen LogP contribution >= 0.6 is 0 Å². The van der Waals surface area contributed by atoms with Crippen molar-refractivity contribution in [1.29, 1.82) is 0 Å². The zero-order valence-corrected chi connectivity index (χ0v) is 19.7. The Bertz CT molecular complexity index is 1440. The van der Waals surface area contributed by atoms with Crippen LogP contribution in [0.4, 0.5) is 10.1 Å². The highest BCUT2D eigenvalue weighted by Gasteiger charge is 2.60. The maximum Gasteiger partial charge on any atom is 0.255 e. The fourth-order valence-electron chi connectivity index (χ4n) is 6.57. The van der Waals surface area contributed by atoms with Crippen molar-refractivity contribution in [3.63, 3.8) is 0 Å². The molecular weight excluding hydrogens is 489 g/mol. The first-order valence-electron chi connectivity index (χ1n) is 11.9. The first-order chi connectivity index (χ1) is 17.3. The van der Waals surface area contributed by atoms with Crippen LogP contribution in [-0.2, 0) is 27.3 Å². The second kappa shape index (κ2) is 7.17. The Hall–Kier alpha value is -3.77. The van der Waals surface area contributed by atoms with Gasteiger partial charge >= 0.3 is 0 Å². The van der Waals surface area contributed by atoms with Crippen molar-refractivity contribution in [1.82, 2.24) is 4.90 Å². The molecular formula is C25H24FN3O8. The third-order valence-corrected chi connectivity index (χ3v) is 8.77. The molecule has 7 N–H and O–H groups in total. The Labute approximate surface area is 209 Å². The molecule has 3 atom stereocenters. The number of primary amides is 1. The Kier molecular flexibility index (Phi) is 4.57. The van der Waals surface area contributed by atoms with Crippen molar-refractivity contribution < 1.29 is 44.0 Å². The number of phenols is 1. The molecule has 1 aromatic carbocycles. The number of fused-ring (bicyclic) bond motifs is 4. The number of nitrogens with zero attached hydrogens (tertiary/aromatic N) is 1. The topological polar surface area (TPSA) is 190 Å². The van der Waals surface area contributed by atoms with E-state index in [2.05, 4.69) is 5.32 Å². The van der Waals surface area contributed by atoms with Gasteiger partial charge in [0.25, 0.3) is 5.91 Å². The van der Waals surface area contributed by atoms with E-state index in [1.165, 1.54) is 0 Å². The number of carbonyl (C=O) groups is 4.